The maximum absolute atomic E-state index is 6.02. The van der Waals surface area contributed by atoms with Crippen molar-refractivity contribution in [2.45, 2.75) is 49.5 Å². The van der Waals surface area contributed by atoms with E-state index in [-0.39, 0.29) is 5.54 Å². The van der Waals surface area contributed by atoms with Gasteiger partial charge in [-0.1, -0.05) is 0 Å². The van der Waals surface area contributed by atoms with Gasteiger partial charge in [-0.2, -0.15) is 11.8 Å². The van der Waals surface area contributed by atoms with Crippen LogP contribution in [0.3, 0.4) is 0 Å². The fourth-order valence-corrected chi connectivity index (χ4v) is 3.94. The van der Waals surface area contributed by atoms with Crippen LogP contribution in [0.2, 0.25) is 0 Å². The second kappa shape index (κ2) is 5.91. The van der Waals surface area contributed by atoms with Crippen molar-refractivity contribution in [3.8, 4) is 0 Å². The van der Waals surface area contributed by atoms with E-state index in [4.69, 9.17) is 10.5 Å². The maximum Gasteiger partial charge on any atom is 0.0611 e. The van der Waals surface area contributed by atoms with E-state index in [2.05, 4.69) is 18.1 Å². The summed E-state index contributed by atoms with van der Waals surface area (Å²) in [5.41, 5.74) is 6.29. The Morgan fingerprint density at radius 1 is 1.35 bits per heavy atom. The van der Waals surface area contributed by atoms with Gasteiger partial charge in [0, 0.05) is 23.9 Å². The van der Waals surface area contributed by atoms with Gasteiger partial charge in [0.2, 0.25) is 0 Å². The summed E-state index contributed by atoms with van der Waals surface area (Å²) in [6.07, 6.45) is 7.61. The fraction of sp³-hybridized carbons (Fsp3) is 1.00. The van der Waals surface area contributed by atoms with Crippen molar-refractivity contribution in [2.24, 2.45) is 5.73 Å². The van der Waals surface area contributed by atoms with Crippen LogP contribution in [0.25, 0.3) is 0 Å². The van der Waals surface area contributed by atoms with Gasteiger partial charge in [0.05, 0.1) is 6.10 Å². The zero-order valence-corrected chi connectivity index (χ0v) is 12.0. The summed E-state index contributed by atoms with van der Waals surface area (Å²) < 4.78 is 5.68. The van der Waals surface area contributed by atoms with Crippen LogP contribution in [-0.2, 0) is 4.74 Å². The lowest BCUT2D eigenvalue weighted by molar-refractivity contribution is -0.104. The third-order valence-corrected chi connectivity index (χ3v) is 5.58. The average Bonchev–Trinajstić information content (AvgIpc) is 2.34. The van der Waals surface area contributed by atoms with Crippen LogP contribution in [0.4, 0.5) is 0 Å². The van der Waals surface area contributed by atoms with Crippen molar-refractivity contribution in [2.75, 3.05) is 32.5 Å². The number of hydrogen-bond donors (Lipinski definition) is 1. The zero-order valence-electron chi connectivity index (χ0n) is 11.2. The van der Waals surface area contributed by atoms with Crippen LogP contribution >= 0.6 is 11.8 Å². The zero-order chi connectivity index (χ0) is 12.3. The van der Waals surface area contributed by atoms with Gasteiger partial charge in [-0.3, -0.25) is 4.90 Å². The summed E-state index contributed by atoms with van der Waals surface area (Å²) in [5.74, 6) is 0. The van der Waals surface area contributed by atoms with Crippen molar-refractivity contribution >= 4 is 11.8 Å². The first kappa shape index (κ1) is 13.7. The minimum absolute atomic E-state index is 0.267. The highest BCUT2D eigenvalue weighted by Crippen LogP contribution is 2.41. The molecule has 0 radical (unpaired) electrons. The summed E-state index contributed by atoms with van der Waals surface area (Å²) in [6.45, 7) is 6.15. The van der Waals surface area contributed by atoms with E-state index < -0.39 is 0 Å². The number of piperidine rings is 1. The molecule has 0 atom stereocenters. The topological polar surface area (TPSA) is 38.5 Å². The Morgan fingerprint density at radius 2 is 2.00 bits per heavy atom. The average molecular weight is 258 g/mol. The summed E-state index contributed by atoms with van der Waals surface area (Å²) in [6, 6.07) is 0. The standard InChI is InChI=1S/C13H26N2OS/c1-3-16-11-8-13(9-11,10-14)15-6-4-12(17-2)5-7-15/h11-12H,3-10,14H2,1-2H3. The Labute approximate surface area is 109 Å². The van der Waals surface area contributed by atoms with Crippen LogP contribution in [0.1, 0.15) is 32.6 Å². The largest absolute Gasteiger partial charge is 0.378 e. The van der Waals surface area contributed by atoms with Crippen LogP contribution < -0.4 is 5.73 Å². The molecule has 2 aliphatic rings. The highest BCUT2D eigenvalue weighted by Gasteiger charge is 2.48. The summed E-state index contributed by atoms with van der Waals surface area (Å²) in [5, 5.41) is 0.865. The van der Waals surface area contributed by atoms with Crippen molar-refractivity contribution in [1.82, 2.24) is 4.90 Å². The molecule has 4 heteroatoms. The summed E-state index contributed by atoms with van der Waals surface area (Å²) >= 11 is 2.02. The molecule has 0 bridgehead atoms. The fourth-order valence-electron chi connectivity index (χ4n) is 3.26. The number of rotatable bonds is 5. The molecule has 0 spiro atoms. The number of nitrogens with two attached hydrogens (primary N) is 1. The highest BCUT2D eigenvalue weighted by atomic mass is 32.2. The van der Waals surface area contributed by atoms with Gasteiger partial charge >= 0.3 is 0 Å². The molecule has 2 N–H and O–H groups in total. The van der Waals surface area contributed by atoms with E-state index in [1.807, 2.05) is 11.8 Å². The highest BCUT2D eigenvalue weighted by molar-refractivity contribution is 7.99. The quantitative estimate of drug-likeness (QED) is 0.815. The first-order valence-electron chi connectivity index (χ1n) is 6.83. The molecule has 0 aromatic rings. The van der Waals surface area contributed by atoms with E-state index >= 15 is 0 Å². The number of likely N-dealkylation sites (tertiary alicyclic amines) is 1. The third-order valence-electron chi connectivity index (χ3n) is 4.44. The van der Waals surface area contributed by atoms with Gasteiger partial charge in [-0.05, 0) is 52.0 Å². The minimum Gasteiger partial charge on any atom is -0.378 e. The van der Waals surface area contributed by atoms with Gasteiger partial charge in [-0.15, -0.1) is 0 Å². The molecule has 1 heterocycles. The first-order valence-corrected chi connectivity index (χ1v) is 8.12. The molecule has 100 valence electrons. The number of thioether (sulfide) groups is 1. The lowest BCUT2D eigenvalue weighted by Crippen LogP contribution is -2.65. The van der Waals surface area contributed by atoms with Crippen molar-refractivity contribution < 1.29 is 4.74 Å². The molecule has 0 aromatic carbocycles. The third kappa shape index (κ3) is 2.80. The Kier molecular flexibility index (Phi) is 4.75. The lowest BCUT2D eigenvalue weighted by atomic mass is 9.72. The molecule has 0 aromatic heterocycles. The number of nitrogens with zero attached hydrogens (tertiary/aromatic N) is 1. The molecule has 3 nitrogen and oxygen atoms in total. The second-order valence-electron chi connectivity index (χ2n) is 5.34. The molecule has 1 aliphatic carbocycles. The predicted octanol–water partition coefficient (Wildman–Crippen LogP) is 1.71. The normalized spacial score (nSPS) is 35.8. The second-order valence-corrected chi connectivity index (χ2v) is 6.47. The molecule has 2 rings (SSSR count). The Morgan fingerprint density at radius 3 is 2.47 bits per heavy atom. The number of hydrogen-bond acceptors (Lipinski definition) is 4. The molecule has 17 heavy (non-hydrogen) atoms. The van der Waals surface area contributed by atoms with E-state index in [1.165, 1.54) is 25.9 Å². The van der Waals surface area contributed by atoms with Gasteiger partial charge in [-0.25, -0.2) is 0 Å². The molecular weight excluding hydrogens is 232 g/mol. The van der Waals surface area contributed by atoms with Gasteiger partial charge < -0.3 is 10.5 Å². The number of ether oxygens (including phenoxy) is 1. The van der Waals surface area contributed by atoms with E-state index in [0.717, 1.165) is 31.2 Å². The van der Waals surface area contributed by atoms with Crippen LogP contribution in [0.15, 0.2) is 0 Å². The van der Waals surface area contributed by atoms with Crippen LogP contribution in [-0.4, -0.2) is 54.3 Å². The Bertz CT molecular complexity index is 236. The van der Waals surface area contributed by atoms with Crippen molar-refractivity contribution in [3.05, 3.63) is 0 Å². The smallest absolute Gasteiger partial charge is 0.0611 e. The van der Waals surface area contributed by atoms with E-state index in [9.17, 15) is 0 Å². The summed E-state index contributed by atoms with van der Waals surface area (Å²) in [4.78, 5) is 2.63. The molecule has 1 saturated heterocycles. The SMILES string of the molecule is CCOC1CC(CN)(N2CCC(SC)CC2)C1. The molecule has 2 fully saturated rings. The minimum atomic E-state index is 0.267. The maximum atomic E-state index is 6.02. The van der Waals surface area contributed by atoms with Crippen LogP contribution in [0.5, 0.6) is 0 Å². The van der Waals surface area contributed by atoms with Crippen molar-refractivity contribution in [1.29, 1.82) is 0 Å². The van der Waals surface area contributed by atoms with E-state index in [0.29, 0.717) is 6.10 Å². The Hall–Kier alpha value is 0.230. The molecule has 0 amide bonds. The summed E-state index contributed by atoms with van der Waals surface area (Å²) in [7, 11) is 0. The molecule has 1 aliphatic heterocycles. The van der Waals surface area contributed by atoms with Gasteiger partial charge in [0.15, 0.2) is 0 Å². The van der Waals surface area contributed by atoms with Crippen molar-refractivity contribution in [3.63, 3.8) is 0 Å². The predicted molar refractivity (Wildman–Crippen MR) is 74.5 cm³/mol. The molecule has 0 unspecified atom stereocenters. The monoisotopic (exact) mass is 258 g/mol. The molecular formula is C13H26N2OS. The van der Waals surface area contributed by atoms with E-state index in [1.54, 1.807) is 0 Å². The lowest BCUT2D eigenvalue weighted by Gasteiger charge is -2.55. The van der Waals surface area contributed by atoms with Crippen LogP contribution in [0, 0.1) is 0 Å². The first-order chi connectivity index (χ1) is 8.24. The Balaban J connectivity index is 1.84. The molecule has 1 saturated carbocycles. The van der Waals surface area contributed by atoms with Gasteiger partial charge in [0.25, 0.3) is 0 Å². The van der Waals surface area contributed by atoms with Gasteiger partial charge in [0.1, 0.15) is 0 Å².